The Morgan fingerprint density at radius 2 is 1.95 bits per heavy atom. The molecule has 0 aliphatic heterocycles. The van der Waals surface area contributed by atoms with Gasteiger partial charge in [0.1, 0.15) is 0 Å². The number of halogens is 1. The molecular weight excluding hydrogens is 294 g/mol. The second-order valence-corrected chi connectivity index (χ2v) is 6.99. The Hall–Kier alpha value is -0.710. The standard InChI is InChI=1S/C15H22ClNO2S/c1-14(2,11-7-5-6-8-12(11)16)13(18)17-9-15(3,19)10-20-4/h5-8,19H,9-10H2,1-4H3,(H,17,18)/t15-/m0/s1. The van der Waals surface area contributed by atoms with Crippen LogP contribution in [0.2, 0.25) is 5.02 Å². The number of benzene rings is 1. The summed E-state index contributed by atoms with van der Waals surface area (Å²) in [7, 11) is 0. The Balaban J connectivity index is 2.79. The van der Waals surface area contributed by atoms with E-state index in [-0.39, 0.29) is 12.5 Å². The third kappa shape index (κ3) is 4.40. The van der Waals surface area contributed by atoms with Gasteiger partial charge in [0.25, 0.3) is 0 Å². The first kappa shape index (κ1) is 17.3. The van der Waals surface area contributed by atoms with Gasteiger partial charge in [0.2, 0.25) is 5.91 Å². The van der Waals surface area contributed by atoms with E-state index < -0.39 is 11.0 Å². The smallest absolute Gasteiger partial charge is 0.230 e. The number of carbonyl (C=O) groups is 1. The molecule has 1 aromatic carbocycles. The first-order valence-corrected chi connectivity index (χ1v) is 8.22. The van der Waals surface area contributed by atoms with E-state index in [2.05, 4.69) is 5.32 Å². The maximum absolute atomic E-state index is 12.4. The van der Waals surface area contributed by atoms with Crippen LogP contribution in [0.4, 0.5) is 0 Å². The maximum Gasteiger partial charge on any atom is 0.230 e. The van der Waals surface area contributed by atoms with Gasteiger partial charge in [-0.25, -0.2) is 0 Å². The van der Waals surface area contributed by atoms with E-state index >= 15 is 0 Å². The van der Waals surface area contributed by atoms with E-state index in [4.69, 9.17) is 11.6 Å². The first-order chi connectivity index (χ1) is 9.20. The van der Waals surface area contributed by atoms with E-state index in [1.807, 2.05) is 38.3 Å². The summed E-state index contributed by atoms with van der Waals surface area (Å²) >= 11 is 7.70. The zero-order valence-electron chi connectivity index (χ0n) is 12.4. The number of nitrogens with one attached hydrogen (secondary N) is 1. The molecule has 5 heteroatoms. The number of hydrogen-bond donors (Lipinski definition) is 2. The molecule has 1 rings (SSSR count). The molecule has 20 heavy (non-hydrogen) atoms. The van der Waals surface area contributed by atoms with Crippen molar-refractivity contribution >= 4 is 29.3 Å². The van der Waals surface area contributed by atoms with Gasteiger partial charge < -0.3 is 10.4 Å². The minimum atomic E-state index is -0.911. The monoisotopic (exact) mass is 315 g/mol. The molecule has 112 valence electrons. The van der Waals surface area contributed by atoms with Crippen molar-refractivity contribution in [3.8, 4) is 0 Å². The summed E-state index contributed by atoms with van der Waals surface area (Å²) in [5.74, 6) is 0.423. The van der Waals surface area contributed by atoms with E-state index in [0.717, 1.165) is 5.56 Å². The molecule has 0 spiro atoms. The van der Waals surface area contributed by atoms with Crippen LogP contribution in [-0.4, -0.2) is 35.2 Å². The Morgan fingerprint density at radius 3 is 2.50 bits per heavy atom. The molecule has 1 amide bonds. The zero-order chi connectivity index (χ0) is 15.4. The quantitative estimate of drug-likeness (QED) is 0.848. The molecule has 0 saturated carbocycles. The molecule has 0 fully saturated rings. The third-order valence-electron chi connectivity index (χ3n) is 3.20. The number of amides is 1. The number of rotatable bonds is 6. The number of carbonyl (C=O) groups excluding carboxylic acids is 1. The summed E-state index contributed by atoms with van der Waals surface area (Å²) < 4.78 is 0. The van der Waals surface area contributed by atoms with Gasteiger partial charge >= 0.3 is 0 Å². The molecule has 1 atom stereocenters. The fourth-order valence-electron chi connectivity index (χ4n) is 1.94. The van der Waals surface area contributed by atoms with E-state index in [1.54, 1.807) is 24.8 Å². The minimum Gasteiger partial charge on any atom is -0.387 e. The van der Waals surface area contributed by atoms with Crippen LogP contribution in [0, 0.1) is 0 Å². The SMILES string of the molecule is CSC[C@@](C)(O)CNC(=O)C(C)(C)c1ccccc1Cl. The van der Waals surface area contributed by atoms with Crippen molar-refractivity contribution in [2.75, 3.05) is 18.6 Å². The highest BCUT2D eigenvalue weighted by Gasteiger charge is 2.32. The minimum absolute atomic E-state index is 0.146. The molecule has 0 aliphatic carbocycles. The number of aliphatic hydroxyl groups is 1. The van der Waals surface area contributed by atoms with Crippen molar-refractivity contribution in [2.24, 2.45) is 0 Å². The van der Waals surface area contributed by atoms with Crippen LogP contribution >= 0.6 is 23.4 Å². The lowest BCUT2D eigenvalue weighted by molar-refractivity contribution is -0.126. The van der Waals surface area contributed by atoms with Crippen molar-refractivity contribution in [3.05, 3.63) is 34.9 Å². The molecule has 0 radical (unpaired) electrons. The Kier molecular flexibility index (Phi) is 5.92. The Morgan fingerprint density at radius 1 is 1.35 bits per heavy atom. The van der Waals surface area contributed by atoms with Crippen LogP contribution in [0.25, 0.3) is 0 Å². The van der Waals surface area contributed by atoms with Gasteiger partial charge in [-0.2, -0.15) is 11.8 Å². The van der Waals surface area contributed by atoms with Gasteiger partial charge in [-0.15, -0.1) is 0 Å². The lowest BCUT2D eigenvalue weighted by Gasteiger charge is -2.28. The van der Waals surface area contributed by atoms with Gasteiger partial charge in [-0.3, -0.25) is 4.79 Å². The molecule has 0 heterocycles. The average Bonchev–Trinajstić information content (AvgIpc) is 2.36. The second-order valence-electron chi connectivity index (χ2n) is 5.72. The lowest BCUT2D eigenvalue weighted by atomic mass is 9.83. The van der Waals surface area contributed by atoms with Crippen molar-refractivity contribution < 1.29 is 9.90 Å². The van der Waals surface area contributed by atoms with Crippen molar-refractivity contribution in [2.45, 2.75) is 31.8 Å². The van der Waals surface area contributed by atoms with Crippen LogP contribution in [-0.2, 0) is 10.2 Å². The molecule has 0 bridgehead atoms. The normalized spacial score (nSPS) is 14.7. The fraction of sp³-hybridized carbons (Fsp3) is 0.533. The van der Waals surface area contributed by atoms with Gasteiger partial charge in [0.05, 0.1) is 11.0 Å². The first-order valence-electron chi connectivity index (χ1n) is 6.45. The summed E-state index contributed by atoms with van der Waals surface area (Å²) in [5.41, 5.74) is -0.872. The predicted molar refractivity (Wildman–Crippen MR) is 86.5 cm³/mol. The Labute approximate surface area is 130 Å². The van der Waals surface area contributed by atoms with Crippen LogP contribution in [0.1, 0.15) is 26.3 Å². The van der Waals surface area contributed by atoms with Crippen LogP contribution in [0.5, 0.6) is 0 Å². The average molecular weight is 316 g/mol. The topological polar surface area (TPSA) is 49.3 Å². The number of hydrogen-bond acceptors (Lipinski definition) is 3. The highest BCUT2D eigenvalue weighted by Crippen LogP contribution is 2.29. The molecule has 1 aromatic rings. The zero-order valence-corrected chi connectivity index (χ0v) is 13.9. The molecule has 3 nitrogen and oxygen atoms in total. The fourth-order valence-corrected chi connectivity index (χ4v) is 3.04. The van der Waals surface area contributed by atoms with Gasteiger partial charge in [0, 0.05) is 17.3 Å². The summed E-state index contributed by atoms with van der Waals surface area (Å²) in [6.45, 7) is 5.59. The third-order valence-corrected chi connectivity index (χ3v) is 4.44. The van der Waals surface area contributed by atoms with E-state index in [0.29, 0.717) is 10.8 Å². The highest BCUT2D eigenvalue weighted by molar-refractivity contribution is 7.98. The summed E-state index contributed by atoms with van der Waals surface area (Å²) in [6.07, 6.45) is 1.92. The predicted octanol–water partition coefficient (Wildman–Crippen LogP) is 2.85. The molecular formula is C15H22ClNO2S. The van der Waals surface area contributed by atoms with Crippen LogP contribution < -0.4 is 5.32 Å². The largest absolute Gasteiger partial charge is 0.387 e. The van der Waals surface area contributed by atoms with Crippen molar-refractivity contribution in [1.29, 1.82) is 0 Å². The van der Waals surface area contributed by atoms with Crippen molar-refractivity contribution in [1.82, 2.24) is 5.32 Å². The van der Waals surface area contributed by atoms with Crippen LogP contribution in [0.15, 0.2) is 24.3 Å². The van der Waals surface area contributed by atoms with E-state index in [9.17, 15) is 9.90 Å². The molecule has 0 unspecified atom stereocenters. The maximum atomic E-state index is 12.4. The summed E-state index contributed by atoms with van der Waals surface area (Å²) in [4.78, 5) is 12.4. The van der Waals surface area contributed by atoms with Gasteiger partial charge in [-0.05, 0) is 38.7 Å². The van der Waals surface area contributed by atoms with Crippen LogP contribution in [0.3, 0.4) is 0 Å². The molecule has 0 aliphatic rings. The molecule has 2 N–H and O–H groups in total. The lowest BCUT2D eigenvalue weighted by Crippen LogP contribution is -2.48. The van der Waals surface area contributed by atoms with E-state index in [1.165, 1.54) is 0 Å². The molecule has 0 saturated heterocycles. The van der Waals surface area contributed by atoms with Gasteiger partial charge in [-0.1, -0.05) is 29.8 Å². The van der Waals surface area contributed by atoms with Crippen molar-refractivity contribution in [3.63, 3.8) is 0 Å². The second kappa shape index (κ2) is 6.83. The number of thioether (sulfide) groups is 1. The summed E-state index contributed by atoms with van der Waals surface area (Å²) in [6, 6.07) is 7.32. The molecule has 0 aromatic heterocycles. The van der Waals surface area contributed by atoms with Gasteiger partial charge in [0.15, 0.2) is 0 Å². The summed E-state index contributed by atoms with van der Waals surface area (Å²) in [5, 5.41) is 13.5. The highest BCUT2D eigenvalue weighted by atomic mass is 35.5. The Bertz CT molecular complexity index is 475.